The normalized spacial score (nSPS) is 67.6. The molecule has 13 heavy (non-hydrogen) atoms. The van der Waals surface area contributed by atoms with Crippen LogP contribution in [0.25, 0.3) is 0 Å². The number of halogens is 1. The first kappa shape index (κ1) is 7.73. The van der Waals surface area contributed by atoms with Gasteiger partial charge in [0, 0.05) is 4.32 Å². The Kier molecular flexibility index (Phi) is 1.30. The Labute approximate surface area is 88.6 Å². The van der Waals surface area contributed by atoms with Gasteiger partial charge in [0.25, 0.3) is 0 Å². The minimum atomic E-state index is 0.622. The first-order valence-electron chi connectivity index (χ1n) is 5.95. The van der Waals surface area contributed by atoms with Crippen LogP contribution in [-0.4, -0.2) is 4.32 Å². The van der Waals surface area contributed by atoms with Gasteiger partial charge in [-0.05, 0) is 68.1 Å². The first-order chi connectivity index (χ1) is 6.26. The molecule has 5 saturated carbocycles. The Morgan fingerprint density at radius 3 is 2.85 bits per heavy atom. The van der Waals surface area contributed by atoms with Gasteiger partial charge in [-0.1, -0.05) is 15.9 Å². The maximum absolute atomic E-state index is 4.11. The van der Waals surface area contributed by atoms with E-state index in [4.69, 9.17) is 0 Å². The molecule has 6 bridgehead atoms. The zero-order valence-electron chi connectivity index (χ0n) is 8.01. The lowest BCUT2D eigenvalue weighted by molar-refractivity contribution is -0.0265. The molecule has 0 aromatic carbocycles. The zero-order valence-corrected chi connectivity index (χ0v) is 9.59. The van der Waals surface area contributed by atoms with Crippen LogP contribution in [0.1, 0.15) is 38.5 Å². The Balaban J connectivity index is 1.86. The van der Waals surface area contributed by atoms with Gasteiger partial charge in [-0.2, -0.15) is 0 Å². The quantitative estimate of drug-likeness (QED) is 0.568. The van der Waals surface area contributed by atoms with Crippen molar-refractivity contribution in [2.24, 2.45) is 29.6 Å². The molecule has 6 unspecified atom stereocenters. The van der Waals surface area contributed by atoms with E-state index in [2.05, 4.69) is 15.9 Å². The molecule has 0 heterocycles. The molecule has 0 radical (unpaired) electrons. The van der Waals surface area contributed by atoms with Gasteiger partial charge in [0.05, 0.1) is 0 Å². The van der Waals surface area contributed by atoms with Crippen LogP contribution in [0, 0.1) is 29.6 Å². The van der Waals surface area contributed by atoms with Crippen molar-refractivity contribution in [3.8, 4) is 0 Å². The number of alkyl halides is 1. The molecular formula is C12H17Br. The SMILES string of the molecule is BrC12CC3CC(C1)C1CCC2C1C3. The second-order valence-electron chi connectivity index (χ2n) is 6.05. The summed E-state index contributed by atoms with van der Waals surface area (Å²) in [7, 11) is 0. The molecule has 0 aromatic heterocycles. The van der Waals surface area contributed by atoms with Crippen LogP contribution in [-0.2, 0) is 0 Å². The topological polar surface area (TPSA) is 0 Å². The average molecular weight is 241 g/mol. The second-order valence-corrected chi connectivity index (χ2v) is 7.63. The molecule has 0 aromatic rings. The monoisotopic (exact) mass is 240 g/mol. The van der Waals surface area contributed by atoms with Crippen molar-refractivity contribution >= 4 is 15.9 Å². The molecule has 5 aliphatic rings. The Bertz CT molecular complexity index is 262. The van der Waals surface area contributed by atoms with Gasteiger partial charge in [0.15, 0.2) is 0 Å². The molecule has 0 nitrogen and oxygen atoms in total. The van der Waals surface area contributed by atoms with E-state index >= 15 is 0 Å². The fourth-order valence-corrected chi connectivity index (χ4v) is 6.89. The van der Waals surface area contributed by atoms with Crippen LogP contribution in [0.3, 0.4) is 0 Å². The van der Waals surface area contributed by atoms with E-state index in [0.29, 0.717) is 4.32 Å². The van der Waals surface area contributed by atoms with Crippen molar-refractivity contribution in [2.75, 3.05) is 0 Å². The summed E-state index contributed by atoms with van der Waals surface area (Å²) in [5.41, 5.74) is 0. The number of hydrogen-bond acceptors (Lipinski definition) is 0. The third-order valence-electron chi connectivity index (χ3n) is 5.62. The maximum atomic E-state index is 4.11. The van der Waals surface area contributed by atoms with Gasteiger partial charge < -0.3 is 0 Å². The van der Waals surface area contributed by atoms with Gasteiger partial charge in [-0.15, -0.1) is 0 Å². The average Bonchev–Trinajstić information content (AvgIpc) is 2.42. The summed E-state index contributed by atoms with van der Waals surface area (Å²) < 4.78 is 0.622. The van der Waals surface area contributed by atoms with Crippen molar-refractivity contribution < 1.29 is 0 Å². The zero-order chi connectivity index (χ0) is 8.63. The molecule has 0 saturated heterocycles. The summed E-state index contributed by atoms with van der Waals surface area (Å²) in [5, 5.41) is 0. The van der Waals surface area contributed by atoms with Gasteiger partial charge in [0.2, 0.25) is 0 Å². The molecule has 0 amide bonds. The van der Waals surface area contributed by atoms with Crippen molar-refractivity contribution in [2.45, 2.75) is 42.8 Å². The van der Waals surface area contributed by atoms with Crippen LogP contribution >= 0.6 is 15.9 Å². The smallest absolute Gasteiger partial charge is 0.0294 e. The largest absolute Gasteiger partial charge is 0.0850 e. The van der Waals surface area contributed by atoms with Crippen molar-refractivity contribution in [1.82, 2.24) is 0 Å². The lowest BCUT2D eigenvalue weighted by Crippen LogP contribution is -2.54. The molecule has 5 fully saturated rings. The van der Waals surface area contributed by atoms with Crippen LogP contribution in [0.15, 0.2) is 0 Å². The summed E-state index contributed by atoms with van der Waals surface area (Å²) in [5.74, 6) is 5.60. The van der Waals surface area contributed by atoms with Gasteiger partial charge in [-0.25, -0.2) is 0 Å². The summed E-state index contributed by atoms with van der Waals surface area (Å²) in [6.45, 7) is 0. The molecule has 0 aliphatic heterocycles. The van der Waals surface area contributed by atoms with E-state index in [1.54, 1.807) is 25.7 Å². The maximum Gasteiger partial charge on any atom is 0.0294 e. The van der Waals surface area contributed by atoms with Crippen LogP contribution < -0.4 is 0 Å². The standard InChI is InChI=1S/C12H17Br/c13-12-5-7-3-8(6-12)9-1-2-11(12)10(9)4-7/h7-11H,1-6H2. The van der Waals surface area contributed by atoms with E-state index in [-0.39, 0.29) is 0 Å². The highest BCUT2D eigenvalue weighted by Gasteiger charge is 2.62. The highest BCUT2D eigenvalue weighted by atomic mass is 79.9. The highest BCUT2D eigenvalue weighted by Crippen LogP contribution is 2.69. The lowest BCUT2D eigenvalue weighted by atomic mass is 9.51. The van der Waals surface area contributed by atoms with Gasteiger partial charge >= 0.3 is 0 Å². The second kappa shape index (κ2) is 2.18. The molecule has 6 atom stereocenters. The molecule has 72 valence electrons. The minimum Gasteiger partial charge on any atom is -0.0850 e. The van der Waals surface area contributed by atoms with Crippen LogP contribution in [0.4, 0.5) is 0 Å². The summed E-state index contributed by atoms with van der Waals surface area (Å²) in [6, 6.07) is 0. The molecule has 1 heteroatoms. The summed E-state index contributed by atoms with van der Waals surface area (Å²) in [6.07, 6.45) is 9.33. The third-order valence-corrected chi connectivity index (χ3v) is 6.85. The van der Waals surface area contributed by atoms with E-state index in [1.807, 2.05) is 0 Å². The van der Waals surface area contributed by atoms with E-state index < -0.39 is 0 Å². The predicted octanol–water partition coefficient (Wildman–Crippen LogP) is 3.60. The lowest BCUT2D eigenvalue weighted by Gasteiger charge is -2.59. The van der Waals surface area contributed by atoms with E-state index in [9.17, 15) is 0 Å². The molecule has 5 rings (SSSR count). The third kappa shape index (κ3) is 0.797. The van der Waals surface area contributed by atoms with Crippen LogP contribution in [0.5, 0.6) is 0 Å². The van der Waals surface area contributed by atoms with Crippen molar-refractivity contribution in [3.05, 3.63) is 0 Å². The molecule has 0 spiro atoms. The number of rotatable bonds is 0. The predicted molar refractivity (Wildman–Crippen MR) is 56.8 cm³/mol. The molecule has 5 aliphatic carbocycles. The van der Waals surface area contributed by atoms with E-state index in [1.165, 1.54) is 12.8 Å². The number of hydrogen-bond donors (Lipinski definition) is 0. The van der Waals surface area contributed by atoms with Gasteiger partial charge in [0.1, 0.15) is 0 Å². The highest BCUT2D eigenvalue weighted by molar-refractivity contribution is 9.10. The summed E-state index contributed by atoms with van der Waals surface area (Å²) in [4.78, 5) is 0. The van der Waals surface area contributed by atoms with Crippen LogP contribution in [0.2, 0.25) is 0 Å². The Hall–Kier alpha value is 0.480. The Morgan fingerprint density at radius 2 is 1.92 bits per heavy atom. The Morgan fingerprint density at radius 1 is 1.00 bits per heavy atom. The van der Waals surface area contributed by atoms with Crippen molar-refractivity contribution in [3.63, 3.8) is 0 Å². The molecular weight excluding hydrogens is 224 g/mol. The minimum absolute atomic E-state index is 0.622. The summed E-state index contributed by atoms with van der Waals surface area (Å²) >= 11 is 4.11. The van der Waals surface area contributed by atoms with Crippen molar-refractivity contribution in [1.29, 1.82) is 0 Å². The fraction of sp³-hybridized carbons (Fsp3) is 1.00. The molecule has 0 N–H and O–H groups in total. The first-order valence-corrected chi connectivity index (χ1v) is 6.74. The van der Waals surface area contributed by atoms with E-state index in [0.717, 1.165) is 29.6 Å². The fourth-order valence-electron chi connectivity index (χ4n) is 5.45. The van der Waals surface area contributed by atoms with Gasteiger partial charge in [-0.3, -0.25) is 0 Å².